The minimum Gasteiger partial charge on any atom is -0.368 e. The summed E-state index contributed by atoms with van der Waals surface area (Å²) in [6, 6.07) is 16.3. The Bertz CT molecular complexity index is 771. The SMILES string of the molecule is Cc1ccccc1CCNc1nnc(Cl)c2ccccc12. The fraction of sp³-hybridized carbons (Fsp3) is 0.176. The fourth-order valence-electron chi connectivity index (χ4n) is 2.41. The molecular weight excluding hydrogens is 282 g/mol. The van der Waals surface area contributed by atoms with Crippen molar-refractivity contribution in [3.63, 3.8) is 0 Å². The second-order valence-corrected chi connectivity index (χ2v) is 5.35. The lowest BCUT2D eigenvalue weighted by Crippen LogP contribution is -2.08. The normalized spacial score (nSPS) is 10.8. The van der Waals surface area contributed by atoms with Crippen LogP contribution in [0, 0.1) is 6.92 Å². The molecule has 1 N–H and O–H groups in total. The summed E-state index contributed by atoms with van der Waals surface area (Å²) in [6.45, 7) is 2.94. The van der Waals surface area contributed by atoms with Crippen molar-refractivity contribution in [1.82, 2.24) is 10.2 Å². The number of rotatable bonds is 4. The summed E-state index contributed by atoms with van der Waals surface area (Å²) >= 11 is 6.08. The van der Waals surface area contributed by atoms with Gasteiger partial charge in [-0.3, -0.25) is 0 Å². The van der Waals surface area contributed by atoms with Crippen molar-refractivity contribution in [3.8, 4) is 0 Å². The maximum Gasteiger partial charge on any atom is 0.159 e. The summed E-state index contributed by atoms with van der Waals surface area (Å²) in [6.07, 6.45) is 0.950. The molecular formula is C17H16ClN3. The number of hydrogen-bond acceptors (Lipinski definition) is 3. The Morgan fingerprint density at radius 3 is 2.48 bits per heavy atom. The lowest BCUT2D eigenvalue weighted by molar-refractivity contribution is 0.970. The zero-order valence-electron chi connectivity index (χ0n) is 11.8. The number of fused-ring (bicyclic) bond motifs is 1. The molecule has 0 radical (unpaired) electrons. The summed E-state index contributed by atoms with van der Waals surface area (Å²) in [7, 11) is 0. The van der Waals surface area contributed by atoms with Crippen LogP contribution in [0.15, 0.2) is 48.5 Å². The molecule has 0 bridgehead atoms. The van der Waals surface area contributed by atoms with Crippen LogP contribution in [0.3, 0.4) is 0 Å². The fourth-order valence-corrected chi connectivity index (χ4v) is 2.61. The molecule has 4 heteroatoms. The van der Waals surface area contributed by atoms with Crippen LogP contribution < -0.4 is 5.32 Å². The summed E-state index contributed by atoms with van der Waals surface area (Å²) in [4.78, 5) is 0. The molecule has 0 spiro atoms. The average molecular weight is 298 g/mol. The number of nitrogens with zero attached hydrogens (tertiary/aromatic N) is 2. The van der Waals surface area contributed by atoms with Gasteiger partial charge >= 0.3 is 0 Å². The molecule has 1 heterocycles. The van der Waals surface area contributed by atoms with E-state index in [1.807, 2.05) is 24.3 Å². The van der Waals surface area contributed by atoms with Gasteiger partial charge in [0.05, 0.1) is 0 Å². The largest absolute Gasteiger partial charge is 0.368 e. The third-order valence-electron chi connectivity index (χ3n) is 3.59. The molecule has 1 aromatic heterocycles. The van der Waals surface area contributed by atoms with E-state index in [9.17, 15) is 0 Å². The number of aryl methyl sites for hydroxylation is 1. The second-order valence-electron chi connectivity index (χ2n) is 4.99. The summed E-state index contributed by atoms with van der Waals surface area (Å²) in [5.74, 6) is 0.781. The first kappa shape index (κ1) is 13.8. The Kier molecular flexibility index (Phi) is 4.02. The van der Waals surface area contributed by atoms with E-state index in [2.05, 4.69) is 46.7 Å². The standard InChI is InChI=1S/C17H16ClN3/c1-12-6-2-3-7-13(12)10-11-19-17-15-9-5-4-8-14(15)16(18)20-21-17/h2-9H,10-11H2,1H3,(H,19,21). The molecule has 3 aromatic rings. The van der Waals surface area contributed by atoms with Crippen LogP contribution >= 0.6 is 11.6 Å². The smallest absolute Gasteiger partial charge is 0.159 e. The Hall–Kier alpha value is -2.13. The van der Waals surface area contributed by atoms with Gasteiger partial charge in [-0.05, 0) is 24.5 Å². The molecule has 0 atom stereocenters. The topological polar surface area (TPSA) is 37.8 Å². The van der Waals surface area contributed by atoms with Gasteiger partial charge in [0.2, 0.25) is 0 Å². The molecule has 106 valence electrons. The lowest BCUT2D eigenvalue weighted by Gasteiger charge is -2.10. The van der Waals surface area contributed by atoms with E-state index in [-0.39, 0.29) is 0 Å². The van der Waals surface area contributed by atoms with Crippen LogP contribution in [0.5, 0.6) is 0 Å². The van der Waals surface area contributed by atoms with E-state index in [1.165, 1.54) is 11.1 Å². The highest BCUT2D eigenvalue weighted by atomic mass is 35.5. The first-order valence-corrected chi connectivity index (χ1v) is 7.33. The van der Waals surface area contributed by atoms with Gasteiger partial charge in [0.25, 0.3) is 0 Å². The van der Waals surface area contributed by atoms with Crippen LogP contribution in [0.4, 0.5) is 5.82 Å². The predicted octanol–water partition coefficient (Wildman–Crippen LogP) is 4.25. The summed E-state index contributed by atoms with van der Waals surface area (Å²) < 4.78 is 0. The minimum absolute atomic E-state index is 0.440. The van der Waals surface area contributed by atoms with E-state index in [4.69, 9.17) is 11.6 Å². The number of halogens is 1. The van der Waals surface area contributed by atoms with Crippen molar-refractivity contribution in [2.45, 2.75) is 13.3 Å². The van der Waals surface area contributed by atoms with Gasteiger partial charge < -0.3 is 5.32 Å². The van der Waals surface area contributed by atoms with Crippen molar-refractivity contribution >= 4 is 28.2 Å². The van der Waals surface area contributed by atoms with Crippen LogP contribution in [0.2, 0.25) is 5.15 Å². The zero-order valence-corrected chi connectivity index (χ0v) is 12.6. The lowest BCUT2D eigenvalue weighted by atomic mass is 10.1. The van der Waals surface area contributed by atoms with Crippen molar-refractivity contribution < 1.29 is 0 Å². The van der Waals surface area contributed by atoms with E-state index in [0.29, 0.717) is 5.15 Å². The molecule has 0 aliphatic rings. The van der Waals surface area contributed by atoms with E-state index < -0.39 is 0 Å². The summed E-state index contributed by atoms with van der Waals surface area (Å²) in [5, 5.41) is 13.9. The molecule has 3 nitrogen and oxygen atoms in total. The van der Waals surface area contributed by atoms with Gasteiger partial charge in [-0.25, -0.2) is 0 Å². The van der Waals surface area contributed by atoms with Gasteiger partial charge in [-0.15, -0.1) is 10.2 Å². The van der Waals surface area contributed by atoms with Crippen LogP contribution in [-0.4, -0.2) is 16.7 Å². The van der Waals surface area contributed by atoms with Gasteiger partial charge in [-0.1, -0.05) is 60.1 Å². The molecule has 0 fully saturated rings. The highest BCUT2D eigenvalue weighted by Crippen LogP contribution is 2.25. The first-order valence-electron chi connectivity index (χ1n) is 6.95. The maximum atomic E-state index is 6.08. The van der Waals surface area contributed by atoms with Crippen LogP contribution in [0.1, 0.15) is 11.1 Å². The third-order valence-corrected chi connectivity index (χ3v) is 3.87. The van der Waals surface area contributed by atoms with E-state index in [1.54, 1.807) is 0 Å². The number of hydrogen-bond donors (Lipinski definition) is 1. The highest BCUT2D eigenvalue weighted by Gasteiger charge is 2.06. The molecule has 0 unspecified atom stereocenters. The third kappa shape index (κ3) is 2.98. The quantitative estimate of drug-likeness (QED) is 0.782. The Balaban J connectivity index is 1.77. The van der Waals surface area contributed by atoms with Gasteiger partial charge in [0, 0.05) is 17.3 Å². The molecule has 0 aliphatic carbocycles. The first-order chi connectivity index (χ1) is 10.3. The molecule has 0 saturated carbocycles. The van der Waals surface area contributed by atoms with Crippen molar-refractivity contribution in [2.24, 2.45) is 0 Å². The molecule has 0 saturated heterocycles. The molecule has 2 aromatic carbocycles. The molecule has 3 rings (SSSR count). The summed E-state index contributed by atoms with van der Waals surface area (Å²) in [5.41, 5.74) is 2.66. The van der Waals surface area contributed by atoms with Gasteiger partial charge in [-0.2, -0.15) is 0 Å². The zero-order chi connectivity index (χ0) is 14.7. The average Bonchev–Trinajstić information content (AvgIpc) is 2.52. The molecule has 0 aliphatic heterocycles. The number of benzene rings is 2. The number of anilines is 1. The highest BCUT2D eigenvalue weighted by molar-refractivity contribution is 6.34. The van der Waals surface area contributed by atoms with Crippen molar-refractivity contribution in [3.05, 3.63) is 64.8 Å². The van der Waals surface area contributed by atoms with E-state index in [0.717, 1.165) is 29.6 Å². The molecule has 0 amide bonds. The Morgan fingerprint density at radius 2 is 1.67 bits per heavy atom. The monoisotopic (exact) mass is 297 g/mol. The van der Waals surface area contributed by atoms with Gasteiger partial charge in [0.1, 0.15) is 0 Å². The minimum atomic E-state index is 0.440. The Morgan fingerprint density at radius 1 is 0.952 bits per heavy atom. The second kappa shape index (κ2) is 6.10. The van der Waals surface area contributed by atoms with Crippen molar-refractivity contribution in [2.75, 3.05) is 11.9 Å². The number of aromatic nitrogens is 2. The molecule has 21 heavy (non-hydrogen) atoms. The van der Waals surface area contributed by atoms with Crippen LogP contribution in [-0.2, 0) is 6.42 Å². The number of nitrogens with one attached hydrogen (secondary N) is 1. The Labute approximate surface area is 129 Å². The van der Waals surface area contributed by atoms with Gasteiger partial charge in [0.15, 0.2) is 11.0 Å². The maximum absolute atomic E-state index is 6.08. The predicted molar refractivity (Wildman–Crippen MR) is 87.9 cm³/mol. The van der Waals surface area contributed by atoms with E-state index >= 15 is 0 Å². The van der Waals surface area contributed by atoms with Crippen molar-refractivity contribution in [1.29, 1.82) is 0 Å². The van der Waals surface area contributed by atoms with Crippen LogP contribution in [0.25, 0.3) is 10.8 Å².